The predicted octanol–water partition coefficient (Wildman–Crippen LogP) is 5.00. The third-order valence-corrected chi connectivity index (χ3v) is 3.71. The van der Waals surface area contributed by atoms with Gasteiger partial charge in [0, 0.05) is 15.8 Å². The van der Waals surface area contributed by atoms with E-state index in [1.165, 1.54) is 25.1 Å². The molecular weight excluding hydrogens is 353 g/mol. The van der Waals surface area contributed by atoms with Gasteiger partial charge in [0.1, 0.15) is 0 Å². The molecule has 7 heteroatoms. The molecule has 0 amide bonds. The van der Waals surface area contributed by atoms with Gasteiger partial charge in [0.25, 0.3) is 0 Å². The molecule has 0 N–H and O–H groups in total. The number of hydrogen-bond donors (Lipinski definition) is 0. The highest BCUT2D eigenvalue weighted by Gasteiger charge is 2.31. The highest BCUT2D eigenvalue weighted by Crippen LogP contribution is 2.40. The molecule has 0 saturated heterocycles. The minimum Gasteiger partial charge on any atom is -0.293 e. The maximum absolute atomic E-state index is 12.4. The molecule has 100 valence electrons. The lowest BCUT2D eigenvalue weighted by Crippen LogP contribution is -2.13. The largest absolute Gasteiger partial charge is 0.446 e. The molecule has 0 aliphatic heterocycles. The van der Waals surface area contributed by atoms with Gasteiger partial charge in [-0.05, 0) is 30.3 Å². The van der Waals surface area contributed by atoms with E-state index in [2.05, 4.69) is 15.9 Å². The highest BCUT2D eigenvalue weighted by atomic mass is 79.9. The summed E-state index contributed by atoms with van der Waals surface area (Å²) < 4.78 is 37.2. The number of carbonyl (C=O) groups is 1. The summed E-state index contributed by atoms with van der Waals surface area (Å²) >= 11 is 8.56. The van der Waals surface area contributed by atoms with Crippen LogP contribution in [0.15, 0.2) is 23.1 Å². The monoisotopic (exact) mass is 360 g/mol. The number of alkyl halides is 5. The van der Waals surface area contributed by atoms with E-state index in [9.17, 15) is 18.0 Å². The van der Waals surface area contributed by atoms with Crippen molar-refractivity contribution in [2.45, 2.75) is 28.0 Å². The van der Waals surface area contributed by atoms with E-state index in [1.54, 1.807) is 0 Å². The van der Waals surface area contributed by atoms with Gasteiger partial charge in [-0.25, -0.2) is 0 Å². The van der Waals surface area contributed by atoms with Crippen molar-refractivity contribution in [3.63, 3.8) is 0 Å². The topological polar surface area (TPSA) is 17.1 Å². The van der Waals surface area contributed by atoms with Crippen molar-refractivity contribution in [1.29, 1.82) is 0 Å². The molecular formula is C11H9BrClF3OS. The summed E-state index contributed by atoms with van der Waals surface area (Å²) in [4.78, 5) is 11.8. The molecule has 0 radical (unpaired) electrons. The second kappa shape index (κ2) is 6.30. The summed E-state index contributed by atoms with van der Waals surface area (Å²) in [5, 5.41) is -0.606. The van der Waals surface area contributed by atoms with Crippen LogP contribution >= 0.6 is 39.3 Å². The van der Waals surface area contributed by atoms with Crippen LogP contribution in [0.5, 0.6) is 0 Å². The lowest BCUT2D eigenvalue weighted by atomic mass is 10.0. The Labute approximate surface area is 120 Å². The molecule has 1 atom stereocenters. The van der Waals surface area contributed by atoms with Crippen molar-refractivity contribution in [2.24, 2.45) is 0 Å². The molecule has 0 bridgehead atoms. The number of ketones is 1. The second-order valence-corrected chi connectivity index (χ2v) is 5.77. The summed E-state index contributed by atoms with van der Waals surface area (Å²) in [5.41, 5.74) is -3.84. The van der Waals surface area contributed by atoms with Crippen molar-refractivity contribution in [3.8, 4) is 0 Å². The first kappa shape index (κ1) is 15.9. The first-order valence-electron chi connectivity index (χ1n) is 4.88. The Bertz CT molecular complexity index is 448. The Hall–Kier alpha value is -0.200. The number of thioether (sulfide) groups is 1. The normalized spacial score (nSPS) is 13.4. The third kappa shape index (κ3) is 4.17. The van der Waals surface area contributed by atoms with Gasteiger partial charge in [-0.1, -0.05) is 28.1 Å². The Balaban J connectivity index is 3.22. The van der Waals surface area contributed by atoms with Crippen LogP contribution in [-0.2, 0) is 5.33 Å². The third-order valence-electron chi connectivity index (χ3n) is 2.12. The lowest BCUT2D eigenvalue weighted by molar-refractivity contribution is -0.0328. The average Bonchev–Trinajstić information content (AvgIpc) is 2.25. The van der Waals surface area contributed by atoms with Crippen LogP contribution in [0.4, 0.5) is 13.2 Å². The zero-order valence-electron chi connectivity index (χ0n) is 9.22. The standard InChI is InChI=1S/C11H9BrClF3OS/c1-6(13)10(17)7-3-2-4-9(8(7)5-12)18-11(14,15)16/h2-4,6H,5H2,1H3. The summed E-state index contributed by atoms with van der Waals surface area (Å²) in [7, 11) is 0. The maximum Gasteiger partial charge on any atom is 0.446 e. The fraction of sp³-hybridized carbons (Fsp3) is 0.364. The van der Waals surface area contributed by atoms with Crippen LogP contribution in [-0.4, -0.2) is 16.7 Å². The van der Waals surface area contributed by atoms with Gasteiger partial charge in [0.15, 0.2) is 5.78 Å². The molecule has 0 saturated carbocycles. The van der Waals surface area contributed by atoms with Crippen LogP contribution in [0.2, 0.25) is 0 Å². The van der Waals surface area contributed by atoms with Crippen molar-refractivity contribution in [1.82, 2.24) is 0 Å². The molecule has 1 unspecified atom stereocenters. The fourth-order valence-electron chi connectivity index (χ4n) is 1.37. The minimum absolute atomic E-state index is 0.0162. The van der Waals surface area contributed by atoms with Crippen molar-refractivity contribution in [2.75, 3.05) is 0 Å². The Morgan fingerprint density at radius 2 is 2.11 bits per heavy atom. The quantitative estimate of drug-likeness (QED) is 0.426. The van der Waals surface area contributed by atoms with E-state index >= 15 is 0 Å². The van der Waals surface area contributed by atoms with Gasteiger partial charge < -0.3 is 0 Å². The van der Waals surface area contributed by atoms with E-state index in [0.717, 1.165) is 0 Å². The molecule has 0 fully saturated rings. The number of Topliss-reactive ketones (excluding diaryl/α,β-unsaturated/α-hetero) is 1. The van der Waals surface area contributed by atoms with Crippen LogP contribution in [0.1, 0.15) is 22.8 Å². The maximum atomic E-state index is 12.4. The van der Waals surface area contributed by atoms with Crippen molar-refractivity contribution >= 4 is 45.1 Å². The van der Waals surface area contributed by atoms with E-state index in [-0.39, 0.29) is 33.3 Å². The molecule has 1 aromatic carbocycles. The fourth-order valence-corrected chi connectivity index (χ4v) is 2.98. The van der Waals surface area contributed by atoms with Crippen LogP contribution in [0, 0.1) is 0 Å². The molecule has 0 spiro atoms. The molecule has 0 aliphatic carbocycles. The number of benzene rings is 1. The molecule has 18 heavy (non-hydrogen) atoms. The highest BCUT2D eigenvalue weighted by molar-refractivity contribution is 9.08. The van der Waals surface area contributed by atoms with Crippen LogP contribution in [0.25, 0.3) is 0 Å². The van der Waals surface area contributed by atoms with E-state index in [0.29, 0.717) is 5.56 Å². The van der Waals surface area contributed by atoms with E-state index in [4.69, 9.17) is 11.6 Å². The molecule has 1 nitrogen and oxygen atoms in total. The molecule has 0 aromatic heterocycles. The summed E-state index contributed by atoms with van der Waals surface area (Å²) in [6.45, 7) is 1.49. The number of hydrogen-bond acceptors (Lipinski definition) is 2. The zero-order valence-corrected chi connectivity index (χ0v) is 12.4. The Morgan fingerprint density at radius 3 is 2.56 bits per heavy atom. The SMILES string of the molecule is CC(Cl)C(=O)c1cccc(SC(F)(F)F)c1CBr. The first-order chi connectivity index (χ1) is 8.26. The van der Waals surface area contributed by atoms with Crippen molar-refractivity contribution in [3.05, 3.63) is 29.3 Å². The predicted molar refractivity (Wildman–Crippen MR) is 70.6 cm³/mol. The molecule has 1 aromatic rings. The Kier molecular flexibility index (Phi) is 5.55. The van der Waals surface area contributed by atoms with Gasteiger partial charge >= 0.3 is 5.51 Å². The summed E-state index contributed by atoms with van der Waals surface area (Å²) in [5.74, 6) is -0.379. The molecule has 0 heterocycles. The van der Waals surface area contributed by atoms with Gasteiger partial charge in [-0.2, -0.15) is 13.2 Å². The number of halogens is 5. The van der Waals surface area contributed by atoms with Gasteiger partial charge in [-0.15, -0.1) is 11.6 Å². The smallest absolute Gasteiger partial charge is 0.293 e. The first-order valence-corrected chi connectivity index (χ1v) is 7.25. The summed E-state index contributed by atoms with van der Waals surface area (Å²) in [6, 6.07) is 4.25. The second-order valence-electron chi connectivity index (χ2n) is 3.44. The zero-order chi connectivity index (χ0) is 13.9. The summed E-state index contributed by atoms with van der Waals surface area (Å²) in [6.07, 6.45) is 0. The minimum atomic E-state index is -4.38. The molecule has 0 aliphatic rings. The molecule has 1 rings (SSSR count). The van der Waals surface area contributed by atoms with E-state index < -0.39 is 10.9 Å². The Morgan fingerprint density at radius 1 is 1.50 bits per heavy atom. The average molecular weight is 362 g/mol. The van der Waals surface area contributed by atoms with Gasteiger partial charge in [0.2, 0.25) is 0 Å². The van der Waals surface area contributed by atoms with E-state index in [1.807, 2.05) is 0 Å². The number of carbonyl (C=O) groups excluding carboxylic acids is 1. The van der Waals surface area contributed by atoms with Gasteiger partial charge in [0.05, 0.1) is 5.38 Å². The number of rotatable bonds is 4. The van der Waals surface area contributed by atoms with Crippen LogP contribution in [0.3, 0.4) is 0 Å². The lowest BCUT2D eigenvalue weighted by Gasteiger charge is -2.13. The van der Waals surface area contributed by atoms with Crippen molar-refractivity contribution < 1.29 is 18.0 Å². The van der Waals surface area contributed by atoms with Gasteiger partial charge in [-0.3, -0.25) is 4.79 Å². The van der Waals surface area contributed by atoms with Crippen LogP contribution < -0.4 is 0 Å².